The zero-order valence-corrected chi connectivity index (χ0v) is 9.53. The van der Waals surface area contributed by atoms with Gasteiger partial charge in [-0.15, -0.1) is 0 Å². The Hall–Kier alpha value is -0.340. The summed E-state index contributed by atoms with van der Waals surface area (Å²) in [5.41, 5.74) is 0. The number of hydrogen-bond donors (Lipinski definition) is 0. The minimum atomic E-state index is 0.0601. The van der Waals surface area contributed by atoms with Crippen LogP contribution in [-0.4, -0.2) is 19.5 Å². The first-order valence-electron chi connectivity index (χ1n) is 5.60. The van der Waals surface area contributed by atoms with Crippen molar-refractivity contribution in [3.05, 3.63) is 12.2 Å². The number of allylic oxidation sites excluding steroid dienone is 2. The third-order valence-corrected chi connectivity index (χ3v) is 2.37. The molecule has 1 rings (SSSR count). The van der Waals surface area contributed by atoms with Gasteiger partial charge in [0.1, 0.15) is 0 Å². The summed E-state index contributed by atoms with van der Waals surface area (Å²) in [6.07, 6.45) is 6.78. The van der Waals surface area contributed by atoms with Crippen LogP contribution < -0.4 is 0 Å². The van der Waals surface area contributed by atoms with Crippen molar-refractivity contribution in [3.63, 3.8) is 0 Å². The molecule has 2 heteroatoms. The molecule has 14 heavy (non-hydrogen) atoms. The van der Waals surface area contributed by atoms with Gasteiger partial charge in [0.25, 0.3) is 0 Å². The monoisotopic (exact) mass is 198 g/mol. The highest BCUT2D eigenvalue weighted by Crippen LogP contribution is 2.16. The minimum Gasteiger partial charge on any atom is -0.350 e. The molecule has 82 valence electrons. The first-order chi connectivity index (χ1) is 6.68. The Labute approximate surface area is 87.3 Å². The molecule has 0 unspecified atom stereocenters. The van der Waals surface area contributed by atoms with Crippen LogP contribution in [-0.2, 0) is 9.47 Å². The molecule has 0 bridgehead atoms. The van der Waals surface area contributed by atoms with E-state index in [1.165, 1.54) is 0 Å². The van der Waals surface area contributed by atoms with E-state index in [1.54, 1.807) is 0 Å². The molecule has 2 nitrogen and oxygen atoms in total. The van der Waals surface area contributed by atoms with Gasteiger partial charge < -0.3 is 9.47 Å². The molecule has 1 saturated heterocycles. The molecule has 0 aromatic heterocycles. The van der Waals surface area contributed by atoms with Crippen molar-refractivity contribution in [1.82, 2.24) is 0 Å². The smallest absolute Gasteiger partial charge is 0.157 e. The lowest BCUT2D eigenvalue weighted by Crippen LogP contribution is -2.08. The van der Waals surface area contributed by atoms with Crippen molar-refractivity contribution in [2.24, 2.45) is 11.8 Å². The summed E-state index contributed by atoms with van der Waals surface area (Å²) >= 11 is 0. The Morgan fingerprint density at radius 3 is 2.36 bits per heavy atom. The Balaban J connectivity index is 2.10. The van der Waals surface area contributed by atoms with Crippen LogP contribution in [0.3, 0.4) is 0 Å². The third-order valence-electron chi connectivity index (χ3n) is 2.37. The summed E-state index contributed by atoms with van der Waals surface area (Å²) in [5, 5.41) is 0. The molecule has 0 aliphatic carbocycles. The van der Waals surface area contributed by atoms with Crippen molar-refractivity contribution in [1.29, 1.82) is 0 Å². The van der Waals surface area contributed by atoms with E-state index in [1.807, 2.05) is 0 Å². The van der Waals surface area contributed by atoms with Gasteiger partial charge in [0.15, 0.2) is 6.29 Å². The van der Waals surface area contributed by atoms with Crippen molar-refractivity contribution < 1.29 is 9.47 Å². The molecule has 1 aliphatic heterocycles. The molecule has 0 radical (unpaired) electrons. The lowest BCUT2D eigenvalue weighted by Gasteiger charge is -2.11. The standard InChI is InChI=1S/C12H22O2/c1-10(2)4-5-11(3)6-7-12-13-8-9-14-12/h4-5,10-12H,6-9H2,1-3H3/b5-4+/t11-/m1/s1. The predicted molar refractivity (Wildman–Crippen MR) is 58.1 cm³/mol. The molecule has 1 heterocycles. The quantitative estimate of drug-likeness (QED) is 0.632. The summed E-state index contributed by atoms with van der Waals surface area (Å²) in [6, 6.07) is 0. The van der Waals surface area contributed by atoms with Gasteiger partial charge >= 0.3 is 0 Å². The van der Waals surface area contributed by atoms with Crippen LogP contribution in [0, 0.1) is 11.8 Å². The van der Waals surface area contributed by atoms with Crippen LogP contribution in [0.25, 0.3) is 0 Å². The second-order valence-electron chi connectivity index (χ2n) is 4.35. The molecule has 1 aliphatic rings. The summed E-state index contributed by atoms with van der Waals surface area (Å²) in [6.45, 7) is 8.18. The Bertz CT molecular complexity index is 169. The van der Waals surface area contributed by atoms with Gasteiger partial charge in [-0.05, 0) is 24.7 Å². The molecule has 0 aromatic carbocycles. The first kappa shape index (κ1) is 11.7. The second-order valence-corrected chi connectivity index (χ2v) is 4.35. The molecule has 0 aromatic rings. The molecule has 0 saturated carbocycles. The molecular formula is C12H22O2. The maximum Gasteiger partial charge on any atom is 0.157 e. The summed E-state index contributed by atoms with van der Waals surface area (Å²) in [5.74, 6) is 1.28. The van der Waals surface area contributed by atoms with E-state index in [9.17, 15) is 0 Å². The van der Waals surface area contributed by atoms with Gasteiger partial charge in [-0.25, -0.2) is 0 Å². The fourth-order valence-electron chi connectivity index (χ4n) is 1.48. The zero-order valence-electron chi connectivity index (χ0n) is 9.53. The highest BCUT2D eigenvalue weighted by Gasteiger charge is 2.15. The lowest BCUT2D eigenvalue weighted by atomic mass is 10.0. The van der Waals surface area contributed by atoms with Gasteiger partial charge in [-0.2, -0.15) is 0 Å². The second kappa shape index (κ2) is 6.20. The van der Waals surface area contributed by atoms with E-state index in [4.69, 9.17) is 9.47 Å². The maximum absolute atomic E-state index is 5.38. The van der Waals surface area contributed by atoms with E-state index in [-0.39, 0.29) is 6.29 Å². The topological polar surface area (TPSA) is 18.5 Å². The van der Waals surface area contributed by atoms with Crippen molar-refractivity contribution in [3.8, 4) is 0 Å². The largest absolute Gasteiger partial charge is 0.350 e. The molecule has 1 atom stereocenters. The van der Waals surface area contributed by atoms with E-state index in [0.29, 0.717) is 11.8 Å². The molecule has 0 amide bonds. The fraction of sp³-hybridized carbons (Fsp3) is 0.833. The van der Waals surface area contributed by atoms with Crippen LogP contribution >= 0.6 is 0 Å². The van der Waals surface area contributed by atoms with Gasteiger partial charge in [0.05, 0.1) is 13.2 Å². The van der Waals surface area contributed by atoms with Crippen LogP contribution in [0.2, 0.25) is 0 Å². The lowest BCUT2D eigenvalue weighted by molar-refractivity contribution is -0.0490. The summed E-state index contributed by atoms with van der Waals surface area (Å²) < 4.78 is 10.8. The van der Waals surface area contributed by atoms with Gasteiger partial charge in [-0.3, -0.25) is 0 Å². The van der Waals surface area contributed by atoms with Crippen molar-refractivity contribution >= 4 is 0 Å². The minimum absolute atomic E-state index is 0.0601. The van der Waals surface area contributed by atoms with E-state index >= 15 is 0 Å². The van der Waals surface area contributed by atoms with E-state index < -0.39 is 0 Å². The van der Waals surface area contributed by atoms with Crippen LogP contribution in [0.15, 0.2) is 12.2 Å². The number of rotatable bonds is 5. The van der Waals surface area contributed by atoms with Gasteiger partial charge in [0.2, 0.25) is 0 Å². The van der Waals surface area contributed by atoms with E-state index in [2.05, 4.69) is 32.9 Å². The molecular weight excluding hydrogens is 176 g/mol. The summed E-state index contributed by atoms with van der Waals surface area (Å²) in [4.78, 5) is 0. The average molecular weight is 198 g/mol. The van der Waals surface area contributed by atoms with Crippen LogP contribution in [0.4, 0.5) is 0 Å². The molecule has 0 N–H and O–H groups in total. The van der Waals surface area contributed by atoms with Crippen LogP contribution in [0.1, 0.15) is 33.6 Å². The Morgan fingerprint density at radius 1 is 1.14 bits per heavy atom. The predicted octanol–water partition coefficient (Wildman–Crippen LogP) is 2.99. The van der Waals surface area contributed by atoms with Gasteiger partial charge in [-0.1, -0.05) is 32.9 Å². The van der Waals surface area contributed by atoms with Crippen molar-refractivity contribution in [2.75, 3.05) is 13.2 Å². The highest BCUT2D eigenvalue weighted by atomic mass is 16.7. The van der Waals surface area contributed by atoms with E-state index in [0.717, 1.165) is 26.1 Å². The highest BCUT2D eigenvalue weighted by molar-refractivity contribution is 4.88. The third kappa shape index (κ3) is 4.77. The normalized spacial score (nSPS) is 21.1. The fourth-order valence-corrected chi connectivity index (χ4v) is 1.48. The molecule has 1 fully saturated rings. The van der Waals surface area contributed by atoms with Crippen molar-refractivity contribution in [2.45, 2.75) is 39.9 Å². The Morgan fingerprint density at radius 2 is 1.79 bits per heavy atom. The summed E-state index contributed by atoms with van der Waals surface area (Å²) in [7, 11) is 0. The number of hydrogen-bond acceptors (Lipinski definition) is 2. The first-order valence-corrected chi connectivity index (χ1v) is 5.60. The van der Waals surface area contributed by atoms with Gasteiger partial charge in [0, 0.05) is 0 Å². The number of ether oxygens (including phenoxy) is 2. The molecule has 0 spiro atoms. The average Bonchev–Trinajstić information content (AvgIpc) is 2.63. The SMILES string of the molecule is CC(C)/C=C/[C@@H](C)CCC1OCCO1. The van der Waals surface area contributed by atoms with Crippen LogP contribution in [0.5, 0.6) is 0 Å². The zero-order chi connectivity index (χ0) is 10.4. The Kier molecular flexibility index (Phi) is 5.20. The maximum atomic E-state index is 5.38.